The molecule has 0 atom stereocenters. The van der Waals surface area contributed by atoms with Crippen LogP contribution in [0.15, 0.2) is 30.6 Å². The van der Waals surface area contributed by atoms with Crippen molar-refractivity contribution in [1.82, 2.24) is 9.97 Å². The number of hydrogen-bond donors (Lipinski definition) is 2. The van der Waals surface area contributed by atoms with Crippen LogP contribution < -0.4 is 10.6 Å². The Morgan fingerprint density at radius 2 is 1.96 bits per heavy atom. The molecular formula is C18H21N5O4. The Morgan fingerprint density at radius 1 is 1.26 bits per heavy atom. The van der Waals surface area contributed by atoms with E-state index in [1.807, 2.05) is 0 Å². The summed E-state index contributed by atoms with van der Waals surface area (Å²) in [7, 11) is 0. The van der Waals surface area contributed by atoms with Crippen molar-refractivity contribution in [3.63, 3.8) is 0 Å². The smallest absolute Gasteiger partial charge is 0.353 e. The molecule has 1 aliphatic rings. The molecule has 0 unspecified atom stereocenters. The van der Waals surface area contributed by atoms with E-state index in [1.54, 1.807) is 31.2 Å². The van der Waals surface area contributed by atoms with Gasteiger partial charge in [-0.15, -0.1) is 0 Å². The zero-order valence-electron chi connectivity index (χ0n) is 15.0. The first-order valence-electron chi connectivity index (χ1n) is 8.89. The fraction of sp³-hybridized carbons (Fsp3) is 0.389. The number of ether oxygens (including phenoxy) is 1. The zero-order valence-corrected chi connectivity index (χ0v) is 15.0. The molecule has 0 bridgehead atoms. The van der Waals surface area contributed by atoms with E-state index in [1.165, 1.54) is 6.33 Å². The molecule has 0 spiro atoms. The molecule has 27 heavy (non-hydrogen) atoms. The number of rotatable bonds is 7. The summed E-state index contributed by atoms with van der Waals surface area (Å²) in [4.78, 5) is 31.4. The van der Waals surface area contributed by atoms with Crippen LogP contribution >= 0.6 is 0 Å². The summed E-state index contributed by atoms with van der Waals surface area (Å²) in [5, 5.41) is 17.7. The Hall–Kier alpha value is -3.23. The summed E-state index contributed by atoms with van der Waals surface area (Å²) in [6, 6.07) is 6.81. The molecule has 9 nitrogen and oxygen atoms in total. The number of para-hydroxylation sites is 1. The van der Waals surface area contributed by atoms with Gasteiger partial charge in [-0.05, 0) is 31.9 Å². The molecule has 0 aliphatic heterocycles. The molecule has 1 aromatic carbocycles. The number of benzene rings is 1. The number of carbonyl (C=O) groups is 1. The Balaban J connectivity index is 1.93. The molecule has 0 radical (unpaired) electrons. The summed E-state index contributed by atoms with van der Waals surface area (Å²) in [6.45, 7) is 1.94. The second kappa shape index (κ2) is 8.43. The van der Waals surface area contributed by atoms with Gasteiger partial charge in [0, 0.05) is 6.04 Å². The molecule has 0 saturated heterocycles. The minimum Gasteiger partial charge on any atom is -0.462 e. The van der Waals surface area contributed by atoms with Gasteiger partial charge in [0.1, 0.15) is 6.33 Å². The third-order valence-corrected chi connectivity index (χ3v) is 4.38. The van der Waals surface area contributed by atoms with Crippen LogP contribution in [0, 0.1) is 10.1 Å². The van der Waals surface area contributed by atoms with E-state index in [2.05, 4.69) is 20.6 Å². The Morgan fingerprint density at radius 3 is 2.67 bits per heavy atom. The molecule has 0 amide bonds. The molecule has 2 N–H and O–H groups in total. The number of nitrogens with zero attached hydrogens (tertiary/aromatic N) is 3. The molecule has 1 saturated carbocycles. The van der Waals surface area contributed by atoms with E-state index < -0.39 is 10.9 Å². The van der Waals surface area contributed by atoms with Gasteiger partial charge in [0.2, 0.25) is 11.6 Å². The third-order valence-electron chi connectivity index (χ3n) is 4.38. The largest absolute Gasteiger partial charge is 0.462 e. The highest BCUT2D eigenvalue weighted by Gasteiger charge is 2.27. The highest BCUT2D eigenvalue weighted by atomic mass is 16.6. The number of nitro groups is 1. The highest BCUT2D eigenvalue weighted by molar-refractivity contribution is 5.96. The standard InChI is InChI=1S/C18H21N5O4/c1-2-27-18(24)13-9-5-6-10-14(13)22-17-15(23(25)26)16(19-11-20-17)21-12-7-3-4-8-12/h5-6,9-12H,2-4,7-8H2,1H3,(H2,19,20,21,22). The van der Waals surface area contributed by atoms with Crippen LogP contribution in [-0.4, -0.2) is 33.5 Å². The van der Waals surface area contributed by atoms with E-state index in [0.29, 0.717) is 5.69 Å². The van der Waals surface area contributed by atoms with Crippen LogP contribution in [0.25, 0.3) is 0 Å². The topological polar surface area (TPSA) is 119 Å². The number of hydrogen-bond acceptors (Lipinski definition) is 8. The molecule has 2 aromatic rings. The highest BCUT2D eigenvalue weighted by Crippen LogP contribution is 2.34. The second-order valence-electron chi connectivity index (χ2n) is 6.19. The number of esters is 1. The monoisotopic (exact) mass is 371 g/mol. The predicted octanol–water partition coefficient (Wildman–Crippen LogP) is 3.66. The van der Waals surface area contributed by atoms with Crippen molar-refractivity contribution in [2.75, 3.05) is 17.2 Å². The fourth-order valence-electron chi connectivity index (χ4n) is 3.12. The number of nitrogens with one attached hydrogen (secondary N) is 2. The van der Waals surface area contributed by atoms with Crippen molar-refractivity contribution in [2.45, 2.75) is 38.6 Å². The average Bonchev–Trinajstić information content (AvgIpc) is 3.15. The summed E-state index contributed by atoms with van der Waals surface area (Å²) < 4.78 is 5.04. The SMILES string of the molecule is CCOC(=O)c1ccccc1Nc1ncnc(NC2CCCC2)c1[N+](=O)[O-]. The minimum absolute atomic E-state index is 0.0206. The van der Waals surface area contributed by atoms with E-state index >= 15 is 0 Å². The minimum atomic E-state index is -0.521. The molecule has 142 valence electrons. The van der Waals surface area contributed by atoms with Crippen LogP contribution in [0.4, 0.5) is 23.0 Å². The van der Waals surface area contributed by atoms with Gasteiger partial charge >= 0.3 is 11.7 Å². The van der Waals surface area contributed by atoms with Crippen molar-refractivity contribution < 1.29 is 14.5 Å². The van der Waals surface area contributed by atoms with Gasteiger partial charge in [-0.2, -0.15) is 0 Å². The lowest BCUT2D eigenvalue weighted by Crippen LogP contribution is -2.17. The predicted molar refractivity (Wildman–Crippen MR) is 100 cm³/mol. The van der Waals surface area contributed by atoms with Gasteiger partial charge in [-0.25, -0.2) is 14.8 Å². The second-order valence-corrected chi connectivity index (χ2v) is 6.19. The number of aromatic nitrogens is 2. The quantitative estimate of drug-likeness (QED) is 0.430. The van der Waals surface area contributed by atoms with Crippen LogP contribution in [0.1, 0.15) is 43.0 Å². The Labute approximate surface area is 156 Å². The number of carbonyl (C=O) groups excluding carboxylic acids is 1. The summed E-state index contributed by atoms with van der Waals surface area (Å²) >= 11 is 0. The van der Waals surface area contributed by atoms with Gasteiger partial charge in [0.15, 0.2) is 0 Å². The van der Waals surface area contributed by atoms with Crippen LogP contribution in [0.3, 0.4) is 0 Å². The average molecular weight is 371 g/mol. The van der Waals surface area contributed by atoms with Gasteiger partial charge in [0.25, 0.3) is 0 Å². The molecule has 1 fully saturated rings. The molecule has 1 aromatic heterocycles. The Kier molecular flexibility index (Phi) is 5.80. The maximum Gasteiger partial charge on any atom is 0.353 e. The van der Waals surface area contributed by atoms with E-state index in [9.17, 15) is 14.9 Å². The summed E-state index contributed by atoms with van der Waals surface area (Å²) in [6.07, 6.45) is 5.36. The van der Waals surface area contributed by atoms with Crippen molar-refractivity contribution in [3.05, 3.63) is 46.3 Å². The van der Waals surface area contributed by atoms with Crippen molar-refractivity contribution in [3.8, 4) is 0 Å². The van der Waals surface area contributed by atoms with Gasteiger partial charge in [0.05, 0.1) is 22.8 Å². The van der Waals surface area contributed by atoms with Crippen LogP contribution in [-0.2, 0) is 4.74 Å². The molecule has 1 aliphatic carbocycles. The first-order valence-corrected chi connectivity index (χ1v) is 8.89. The lowest BCUT2D eigenvalue weighted by Gasteiger charge is -2.15. The van der Waals surface area contributed by atoms with Crippen molar-refractivity contribution in [2.24, 2.45) is 0 Å². The molecule has 9 heteroatoms. The first-order chi connectivity index (χ1) is 13.1. The fourth-order valence-corrected chi connectivity index (χ4v) is 3.12. The van der Waals surface area contributed by atoms with Crippen molar-refractivity contribution >= 4 is 29.0 Å². The summed E-state index contributed by atoms with van der Waals surface area (Å²) in [5.74, 6) is -0.313. The lowest BCUT2D eigenvalue weighted by atomic mass is 10.1. The van der Waals surface area contributed by atoms with E-state index in [-0.39, 0.29) is 35.5 Å². The number of anilines is 3. The first kappa shape index (κ1) is 18.6. The normalized spacial score (nSPS) is 14.0. The van der Waals surface area contributed by atoms with Gasteiger partial charge in [-0.1, -0.05) is 25.0 Å². The third kappa shape index (κ3) is 4.30. The maximum absolute atomic E-state index is 12.1. The van der Waals surface area contributed by atoms with Gasteiger partial charge < -0.3 is 15.4 Å². The lowest BCUT2D eigenvalue weighted by molar-refractivity contribution is -0.383. The molecule has 1 heterocycles. The molecular weight excluding hydrogens is 350 g/mol. The Bertz CT molecular complexity index is 836. The van der Waals surface area contributed by atoms with Crippen LogP contribution in [0.5, 0.6) is 0 Å². The maximum atomic E-state index is 12.1. The van der Waals surface area contributed by atoms with Crippen LogP contribution in [0.2, 0.25) is 0 Å². The van der Waals surface area contributed by atoms with Crippen molar-refractivity contribution in [1.29, 1.82) is 0 Å². The summed E-state index contributed by atoms with van der Waals surface area (Å²) in [5.41, 5.74) is 0.408. The van der Waals surface area contributed by atoms with E-state index in [0.717, 1.165) is 25.7 Å². The molecule has 3 rings (SSSR count). The zero-order chi connectivity index (χ0) is 19.2. The van der Waals surface area contributed by atoms with Gasteiger partial charge in [-0.3, -0.25) is 10.1 Å². The van der Waals surface area contributed by atoms with E-state index in [4.69, 9.17) is 4.74 Å².